The van der Waals surface area contributed by atoms with Crippen LogP contribution in [0.3, 0.4) is 0 Å². The highest BCUT2D eigenvalue weighted by Gasteiger charge is 2.31. The van der Waals surface area contributed by atoms with Crippen LogP contribution < -0.4 is 4.90 Å². The number of rotatable bonds is 1. The molecule has 0 amide bonds. The second-order valence-electron chi connectivity index (χ2n) is 5.88. The Labute approximate surface area is 92.9 Å². The smallest absolute Gasteiger partial charge is 0.109 e. The molecule has 0 unspecified atom stereocenters. The number of allylic oxidation sites excluding steroid dienone is 2. The van der Waals surface area contributed by atoms with Crippen LogP contribution in [-0.2, 0) is 0 Å². The molecule has 0 radical (unpaired) electrons. The first-order valence-electron chi connectivity index (χ1n) is 6.20. The maximum atomic E-state index is 7.90. The number of piperidine rings is 1. The maximum absolute atomic E-state index is 7.90. The lowest BCUT2D eigenvalue weighted by Crippen LogP contribution is -3.11. The summed E-state index contributed by atoms with van der Waals surface area (Å²) < 4.78 is 0. The van der Waals surface area contributed by atoms with Gasteiger partial charge in [0.05, 0.1) is 13.1 Å². The Morgan fingerprint density at radius 3 is 2.40 bits per heavy atom. The van der Waals surface area contributed by atoms with Crippen molar-refractivity contribution in [3.8, 4) is 0 Å². The fraction of sp³-hybridized carbons (Fsp3) is 0.769. The summed E-state index contributed by atoms with van der Waals surface area (Å²) in [6, 6.07) is 0. The maximum Gasteiger partial charge on any atom is 0.109 e. The fourth-order valence-electron chi connectivity index (χ4n) is 2.93. The summed E-state index contributed by atoms with van der Waals surface area (Å²) in [5, 5.41) is 7.90. The predicted octanol–water partition coefficient (Wildman–Crippen LogP) is 1.78. The molecule has 2 aliphatic rings. The highest BCUT2D eigenvalue weighted by Crippen LogP contribution is 2.31. The van der Waals surface area contributed by atoms with Crippen LogP contribution in [0.25, 0.3) is 0 Å². The Kier molecular flexibility index (Phi) is 2.96. The third-order valence-corrected chi connectivity index (χ3v) is 3.60. The van der Waals surface area contributed by atoms with Crippen LogP contribution in [-0.4, -0.2) is 18.8 Å². The first-order chi connectivity index (χ1) is 7.07. The molecule has 84 valence electrons. The molecule has 0 bridgehead atoms. The molecule has 1 heterocycles. The van der Waals surface area contributed by atoms with Crippen molar-refractivity contribution in [2.24, 2.45) is 5.41 Å². The molecular weight excluding hydrogens is 184 g/mol. The van der Waals surface area contributed by atoms with Gasteiger partial charge in [0, 0.05) is 18.2 Å². The van der Waals surface area contributed by atoms with E-state index in [2.05, 4.69) is 19.9 Å². The summed E-state index contributed by atoms with van der Waals surface area (Å²) in [6.45, 7) is 7.15. The van der Waals surface area contributed by atoms with Crippen LogP contribution >= 0.6 is 0 Å². The van der Waals surface area contributed by atoms with Crippen molar-refractivity contribution >= 4 is 5.71 Å². The standard InChI is InChI=1S/C13H22N2/c1-13(2)9-11(14)8-12(10-13)15-6-4-3-5-7-15/h8,14H,3-7,9-10H2,1-2H3/p+1. The first-order valence-corrected chi connectivity index (χ1v) is 6.20. The fourth-order valence-corrected chi connectivity index (χ4v) is 2.93. The van der Waals surface area contributed by atoms with Crippen LogP contribution in [0.15, 0.2) is 11.8 Å². The molecule has 1 fully saturated rings. The monoisotopic (exact) mass is 207 g/mol. The molecule has 15 heavy (non-hydrogen) atoms. The highest BCUT2D eigenvalue weighted by atomic mass is 15.1. The van der Waals surface area contributed by atoms with Crippen LogP contribution in [0.4, 0.5) is 0 Å². The van der Waals surface area contributed by atoms with Crippen molar-refractivity contribution in [1.82, 2.24) is 0 Å². The molecule has 0 aromatic rings. The molecular formula is C13H23N2+. The van der Waals surface area contributed by atoms with E-state index < -0.39 is 0 Å². The number of quaternary nitrogens is 1. The van der Waals surface area contributed by atoms with Crippen molar-refractivity contribution < 1.29 is 4.90 Å². The lowest BCUT2D eigenvalue weighted by Gasteiger charge is -2.34. The van der Waals surface area contributed by atoms with Gasteiger partial charge in [0.2, 0.25) is 0 Å². The van der Waals surface area contributed by atoms with Gasteiger partial charge in [-0.05, 0) is 31.1 Å². The molecule has 0 aromatic heterocycles. The summed E-state index contributed by atoms with van der Waals surface area (Å²) in [5.74, 6) is 0. The van der Waals surface area contributed by atoms with Crippen molar-refractivity contribution in [2.75, 3.05) is 13.1 Å². The Balaban J connectivity index is 2.10. The Morgan fingerprint density at radius 1 is 1.13 bits per heavy atom. The van der Waals surface area contributed by atoms with Gasteiger partial charge in [0.1, 0.15) is 5.70 Å². The van der Waals surface area contributed by atoms with E-state index in [1.807, 2.05) is 0 Å². The number of hydrogen-bond acceptors (Lipinski definition) is 1. The van der Waals surface area contributed by atoms with E-state index in [-0.39, 0.29) is 0 Å². The van der Waals surface area contributed by atoms with E-state index in [0.717, 1.165) is 12.1 Å². The normalized spacial score (nSPS) is 27.6. The lowest BCUT2D eigenvalue weighted by molar-refractivity contribution is -0.868. The van der Waals surface area contributed by atoms with Gasteiger partial charge >= 0.3 is 0 Å². The zero-order valence-electron chi connectivity index (χ0n) is 10.0. The van der Waals surface area contributed by atoms with Crippen molar-refractivity contribution in [3.05, 3.63) is 11.8 Å². The second-order valence-corrected chi connectivity index (χ2v) is 5.88. The van der Waals surface area contributed by atoms with Crippen LogP contribution in [0.5, 0.6) is 0 Å². The molecule has 2 heteroatoms. The van der Waals surface area contributed by atoms with E-state index in [9.17, 15) is 0 Å². The minimum Gasteiger partial charge on any atom is -0.306 e. The lowest BCUT2D eigenvalue weighted by atomic mass is 9.78. The SMILES string of the molecule is CC1(C)CC(=N)C=C([NH+]2CCCCC2)C1. The molecule has 0 spiro atoms. The zero-order valence-corrected chi connectivity index (χ0v) is 10.0. The predicted molar refractivity (Wildman–Crippen MR) is 63.4 cm³/mol. The Morgan fingerprint density at radius 2 is 1.80 bits per heavy atom. The third-order valence-electron chi connectivity index (χ3n) is 3.60. The van der Waals surface area contributed by atoms with E-state index in [1.165, 1.54) is 44.5 Å². The molecule has 0 aromatic carbocycles. The van der Waals surface area contributed by atoms with Crippen LogP contribution in [0.2, 0.25) is 0 Å². The summed E-state index contributed by atoms with van der Waals surface area (Å²) in [4.78, 5) is 1.65. The average molecular weight is 207 g/mol. The summed E-state index contributed by atoms with van der Waals surface area (Å²) >= 11 is 0. The Bertz CT molecular complexity index is 283. The molecule has 1 aliphatic carbocycles. The molecule has 2 nitrogen and oxygen atoms in total. The molecule has 1 aliphatic heterocycles. The van der Waals surface area contributed by atoms with E-state index >= 15 is 0 Å². The average Bonchev–Trinajstić information content (AvgIpc) is 2.16. The van der Waals surface area contributed by atoms with Gasteiger partial charge in [0.15, 0.2) is 0 Å². The van der Waals surface area contributed by atoms with E-state index in [1.54, 1.807) is 4.90 Å². The van der Waals surface area contributed by atoms with Crippen molar-refractivity contribution in [2.45, 2.75) is 46.0 Å². The molecule has 0 atom stereocenters. The van der Waals surface area contributed by atoms with E-state index in [0.29, 0.717) is 5.41 Å². The van der Waals surface area contributed by atoms with E-state index in [4.69, 9.17) is 5.41 Å². The van der Waals surface area contributed by atoms with Gasteiger partial charge in [-0.3, -0.25) is 0 Å². The third kappa shape index (κ3) is 2.69. The molecule has 2 N–H and O–H groups in total. The summed E-state index contributed by atoms with van der Waals surface area (Å²) in [7, 11) is 0. The highest BCUT2D eigenvalue weighted by molar-refractivity contribution is 5.93. The zero-order chi connectivity index (χ0) is 10.9. The Hall–Kier alpha value is -0.630. The van der Waals surface area contributed by atoms with Gasteiger partial charge in [0.25, 0.3) is 0 Å². The van der Waals surface area contributed by atoms with Crippen LogP contribution in [0, 0.1) is 10.8 Å². The number of likely N-dealkylation sites (tertiary alicyclic amines) is 1. The first kappa shape index (κ1) is 10.9. The van der Waals surface area contributed by atoms with Crippen molar-refractivity contribution in [3.63, 3.8) is 0 Å². The molecule has 1 saturated heterocycles. The number of nitrogens with one attached hydrogen (secondary N) is 2. The van der Waals surface area contributed by atoms with Gasteiger partial charge in [-0.25, -0.2) is 0 Å². The topological polar surface area (TPSA) is 28.3 Å². The molecule has 0 saturated carbocycles. The minimum absolute atomic E-state index is 0.311. The quantitative estimate of drug-likeness (QED) is 0.656. The number of hydrogen-bond donors (Lipinski definition) is 2. The molecule has 2 rings (SSSR count). The minimum atomic E-state index is 0.311. The van der Waals surface area contributed by atoms with Gasteiger partial charge in [-0.2, -0.15) is 0 Å². The largest absolute Gasteiger partial charge is 0.306 e. The summed E-state index contributed by atoms with van der Waals surface area (Å²) in [5.41, 5.74) is 2.64. The van der Waals surface area contributed by atoms with Crippen molar-refractivity contribution in [1.29, 1.82) is 5.41 Å². The van der Waals surface area contributed by atoms with Gasteiger partial charge < -0.3 is 10.3 Å². The van der Waals surface area contributed by atoms with Gasteiger partial charge in [-0.15, -0.1) is 0 Å². The second kappa shape index (κ2) is 4.09. The van der Waals surface area contributed by atoms with Gasteiger partial charge in [-0.1, -0.05) is 13.8 Å². The summed E-state index contributed by atoms with van der Waals surface area (Å²) in [6.07, 6.45) is 8.40. The van der Waals surface area contributed by atoms with Crippen LogP contribution in [0.1, 0.15) is 46.0 Å².